The Balaban J connectivity index is 2.45. The molecule has 0 aliphatic carbocycles. The number of nitrogens with one attached hydrogen (secondary N) is 1. The second-order valence-corrected chi connectivity index (χ2v) is 8.54. The molecule has 5 nitrogen and oxygen atoms in total. The van der Waals surface area contributed by atoms with E-state index in [0.717, 1.165) is 61.2 Å². The average Bonchev–Trinajstić information content (AvgIpc) is 2.78. The fourth-order valence-corrected chi connectivity index (χ4v) is 3.64. The van der Waals surface area contributed by atoms with Gasteiger partial charge in [0, 0.05) is 13.0 Å². The zero-order chi connectivity index (χ0) is 23.1. The summed E-state index contributed by atoms with van der Waals surface area (Å²) in [4.78, 5) is 12.1. The van der Waals surface area contributed by atoms with Crippen LogP contribution in [0.3, 0.4) is 0 Å². The van der Waals surface area contributed by atoms with E-state index in [9.17, 15) is 4.79 Å². The Hall–Kier alpha value is -2.01. The molecule has 31 heavy (non-hydrogen) atoms. The number of amides is 1. The standard InChI is InChI=1S/C26H44N2O3/c1-7-28(8-2,9-3)18-19-31-24-17-16-23(20-25(24)30-6)21-27-26(29)15-13-11-10-12-14-22(4)5/h12,14,16-17,20,22H,7-11,13,15,18-19,21H2,1-6H3/p+1. The molecule has 0 saturated heterocycles. The number of carbonyl (C=O) groups excluding carboxylic acids is 1. The van der Waals surface area contributed by atoms with Crippen LogP contribution in [0.1, 0.15) is 65.9 Å². The van der Waals surface area contributed by atoms with Crippen molar-refractivity contribution in [2.75, 3.05) is 39.9 Å². The van der Waals surface area contributed by atoms with Crippen molar-refractivity contribution < 1.29 is 18.8 Å². The number of benzene rings is 1. The van der Waals surface area contributed by atoms with E-state index in [4.69, 9.17) is 9.47 Å². The van der Waals surface area contributed by atoms with E-state index in [-0.39, 0.29) is 5.91 Å². The van der Waals surface area contributed by atoms with E-state index >= 15 is 0 Å². The maximum atomic E-state index is 12.1. The van der Waals surface area contributed by atoms with Crippen molar-refractivity contribution in [2.24, 2.45) is 5.92 Å². The molecule has 1 aromatic rings. The first-order valence-electron chi connectivity index (χ1n) is 12.0. The SMILES string of the molecule is CC[N+](CC)(CC)CCOc1ccc(CNC(=O)CCCCC=CC(C)C)cc1OC. The molecule has 1 aromatic carbocycles. The number of methoxy groups -OCH3 is 1. The highest BCUT2D eigenvalue weighted by Crippen LogP contribution is 2.28. The molecule has 0 aliphatic rings. The molecule has 0 fully saturated rings. The number of likely N-dealkylation sites (N-methyl/N-ethyl adjacent to an activating group) is 1. The second-order valence-electron chi connectivity index (χ2n) is 8.54. The summed E-state index contributed by atoms with van der Waals surface area (Å²) in [5.41, 5.74) is 1.01. The number of rotatable bonds is 16. The predicted octanol–water partition coefficient (Wildman–Crippen LogP) is 5.34. The summed E-state index contributed by atoms with van der Waals surface area (Å²) in [6.07, 6.45) is 8.00. The summed E-state index contributed by atoms with van der Waals surface area (Å²) >= 11 is 0. The molecule has 0 spiro atoms. The van der Waals surface area contributed by atoms with Crippen LogP contribution in [-0.4, -0.2) is 50.3 Å². The summed E-state index contributed by atoms with van der Waals surface area (Å²) in [6, 6.07) is 5.89. The van der Waals surface area contributed by atoms with Crippen molar-refractivity contribution in [2.45, 2.75) is 66.8 Å². The van der Waals surface area contributed by atoms with Gasteiger partial charge in [0.15, 0.2) is 11.5 Å². The monoisotopic (exact) mass is 433 g/mol. The van der Waals surface area contributed by atoms with Crippen molar-refractivity contribution in [3.05, 3.63) is 35.9 Å². The van der Waals surface area contributed by atoms with Gasteiger partial charge in [0.2, 0.25) is 5.91 Å². The number of ether oxygens (including phenoxy) is 2. The molecule has 1 N–H and O–H groups in total. The van der Waals surface area contributed by atoms with E-state index in [1.165, 1.54) is 0 Å². The van der Waals surface area contributed by atoms with Gasteiger partial charge in [-0.2, -0.15) is 0 Å². The van der Waals surface area contributed by atoms with Gasteiger partial charge in [0.25, 0.3) is 0 Å². The van der Waals surface area contributed by atoms with Crippen LogP contribution >= 0.6 is 0 Å². The normalized spacial score (nSPS) is 11.8. The van der Waals surface area contributed by atoms with Gasteiger partial charge in [0.1, 0.15) is 13.2 Å². The van der Waals surface area contributed by atoms with E-state index in [2.05, 4.69) is 52.1 Å². The minimum absolute atomic E-state index is 0.0972. The van der Waals surface area contributed by atoms with Crippen LogP contribution in [0, 0.1) is 5.92 Å². The van der Waals surface area contributed by atoms with Gasteiger partial charge in [-0.15, -0.1) is 0 Å². The molecule has 0 aliphatic heterocycles. The van der Waals surface area contributed by atoms with Gasteiger partial charge in [-0.3, -0.25) is 4.79 Å². The molecule has 0 radical (unpaired) electrons. The molecule has 0 aromatic heterocycles. The maximum absolute atomic E-state index is 12.1. The quantitative estimate of drug-likeness (QED) is 0.217. The number of nitrogens with zero attached hydrogens (tertiary/aromatic N) is 1. The lowest BCUT2D eigenvalue weighted by Crippen LogP contribution is -2.49. The van der Waals surface area contributed by atoms with Gasteiger partial charge in [-0.05, 0) is 63.6 Å². The molecule has 0 heterocycles. The smallest absolute Gasteiger partial charge is 0.220 e. The molecule has 1 rings (SSSR count). The lowest BCUT2D eigenvalue weighted by Gasteiger charge is -2.35. The van der Waals surface area contributed by atoms with Gasteiger partial charge in [0.05, 0.1) is 26.7 Å². The second kappa shape index (κ2) is 14.9. The van der Waals surface area contributed by atoms with Crippen molar-refractivity contribution in [1.82, 2.24) is 5.32 Å². The molecule has 1 amide bonds. The van der Waals surface area contributed by atoms with Crippen molar-refractivity contribution in [3.8, 4) is 11.5 Å². The number of hydrogen-bond acceptors (Lipinski definition) is 3. The number of unbranched alkanes of at least 4 members (excludes halogenated alkanes) is 2. The summed E-state index contributed by atoms with van der Waals surface area (Å²) in [7, 11) is 1.66. The van der Waals surface area contributed by atoms with Crippen LogP contribution in [0.5, 0.6) is 11.5 Å². The zero-order valence-corrected chi connectivity index (χ0v) is 20.7. The molecule has 0 atom stereocenters. The Bertz CT molecular complexity index is 658. The van der Waals surface area contributed by atoms with Crippen LogP contribution in [0.2, 0.25) is 0 Å². The molecular weight excluding hydrogens is 388 g/mol. The minimum atomic E-state index is 0.0972. The van der Waals surface area contributed by atoms with Crippen LogP contribution in [-0.2, 0) is 11.3 Å². The lowest BCUT2D eigenvalue weighted by atomic mass is 10.1. The third-order valence-electron chi connectivity index (χ3n) is 6.10. The van der Waals surface area contributed by atoms with Crippen LogP contribution < -0.4 is 14.8 Å². The Labute approximate surface area is 190 Å². The Morgan fingerprint density at radius 2 is 1.81 bits per heavy atom. The summed E-state index contributed by atoms with van der Waals surface area (Å²) in [5.74, 6) is 2.16. The largest absolute Gasteiger partial charge is 0.493 e. The van der Waals surface area contributed by atoms with E-state index in [1.54, 1.807) is 7.11 Å². The van der Waals surface area contributed by atoms with E-state index in [1.807, 2.05) is 18.2 Å². The highest BCUT2D eigenvalue weighted by molar-refractivity contribution is 5.75. The highest BCUT2D eigenvalue weighted by atomic mass is 16.5. The first-order chi connectivity index (χ1) is 14.9. The maximum Gasteiger partial charge on any atom is 0.220 e. The van der Waals surface area contributed by atoms with Crippen molar-refractivity contribution >= 4 is 5.91 Å². The Morgan fingerprint density at radius 3 is 2.42 bits per heavy atom. The predicted molar refractivity (Wildman–Crippen MR) is 130 cm³/mol. The number of quaternary nitrogens is 1. The van der Waals surface area contributed by atoms with Crippen LogP contribution in [0.15, 0.2) is 30.4 Å². The fraction of sp³-hybridized carbons (Fsp3) is 0.654. The first-order valence-corrected chi connectivity index (χ1v) is 12.0. The molecule has 0 saturated carbocycles. The Morgan fingerprint density at radius 1 is 1.10 bits per heavy atom. The third-order valence-corrected chi connectivity index (χ3v) is 6.10. The Kier molecular flexibility index (Phi) is 13.0. The lowest BCUT2D eigenvalue weighted by molar-refractivity contribution is -0.923. The molecule has 0 bridgehead atoms. The summed E-state index contributed by atoms with van der Waals surface area (Å²) < 4.78 is 12.6. The number of carbonyl (C=O) groups is 1. The van der Waals surface area contributed by atoms with Crippen molar-refractivity contribution in [1.29, 1.82) is 0 Å². The summed E-state index contributed by atoms with van der Waals surface area (Å²) in [5, 5.41) is 3.01. The third kappa shape index (κ3) is 10.2. The average molecular weight is 434 g/mol. The van der Waals surface area contributed by atoms with Gasteiger partial charge in [-0.25, -0.2) is 0 Å². The number of hydrogen-bond donors (Lipinski definition) is 1. The highest BCUT2D eigenvalue weighted by Gasteiger charge is 2.20. The summed E-state index contributed by atoms with van der Waals surface area (Å²) in [6.45, 7) is 16.5. The van der Waals surface area contributed by atoms with Gasteiger partial charge in [-0.1, -0.05) is 32.1 Å². The van der Waals surface area contributed by atoms with Crippen molar-refractivity contribution in [3.63, 3.8) is 0 Å². The van der Waals surface area contributed by atoms with E-state index < -0.39 is 0 Å². The minimum Gasteiger partial charge on any atom is -0.493 e. The van der Waals surface area contributed by atoms with Crippen LogP contribution in [0.4, 0.5) is 0 Å². The van der Waals surface area contributed by atoms with Gasteiger partial charge >= 0.3 is 0 Å². The first kappa shape index (κ1) is 27.0. The zero-order valence-electron chi connectivity index (χ0n) is 20.7. The molecule has 0 unspecified atom stereocenters. The molecular formula is C26H45N2O3+. The number of allylic oxidation sites excluding steroid dienone is 2. The van der Waals surface area contributed by atoms with Crippen LogP contribution in [0.25, 0.3) is 0 Å². The molecule has 176 valence electrons. The van der Waals surface area contributed by atoms with Gasteiger partial charge < -0.3 is 19.3 Å². The van der Waals surface area contributed by atoms with E-state index in [0.29, 0.717) is 31.2 Å². The topological polar surface area (TPSA) is 47.6 Å². The fourth-order valence-electron chi connectivity index (χ4n) is 3.64. The molecule has 5 heteroatoms.